The largest absolute Gasteiger partial charge is 0.368 e. The van der Waals surface area contributed by atoms with Gasteiger partial charge in [-0.15, -0.1) is 10.2 Å². The molecule has 0 N–H and O–H groups in total. The van der Waals surface area contributed by atoms with Crippen molar-refractivity contribution in [3.63, 3.8) is 0 Å². The molecule has 3 aromatic rings. The normalized spacial score (nSPS) is 15.1. The predicted octanol–water partition coefficient (Wildman–Crippen LogP) is 2.99. The summed E-state index contributed by atoms with van der Waals surface area (Å²) in [6.45, 7) is 11.4. The third-order valence-electron chi connectivity index (χ3n) is 5.33. The Labute approximate surface area is 157 Å². The summed E-state index contributed by atoms with van der Waals surface area (Å²) in [6.07, 6.45) is 0. The van der Waals surface area contributed by atoms with Crippen molar-refractivity contribution < 1.29 is 4.79 Å². The molecule has 1 aliphatic rings. The Morgan fingerprint density at radius 1 is 1.04 bits per heavy atom. The average Bonchev–Trinajstić information content (AvgIpc) is 3.17. The summed E-state index contributed by atoms with van der Waals surface area (Å²) in [5.74, 6) is 0.936. The lowest BCUT2D eigenvalue weighted by Crippen LogP contribution is -2.49. The summed E-state index contributed by atoms with van der Waals surface area (Å²) in [5, 5.41) is 8.23. The molecule has 136 valence electrons. The zero-order valence-corrected chi connectivity index (χ0v) is 16.4. The monoisotopic (exact) mass is 369 g/mol. The number of carbonyl (C=O) groups excluding carboxylic acids is 1. The molecule has 4 rings (SSSR count). The van der Waals surface area contributed by atoms with Gasteiger partial charge in [-0.25, -0.2) is 0 Å². The maximum atomic E-state index is 13.0. The van der Waals surface area contributed by atoms with Gasteiger partial charge in [0.25, 0.3) is 5.91 Å². The Balaban J connectivity index is 1.51. The standard InChI is InChI=1S/C19H23N5OS/c1-12-6-5-7-16(13(12)2)22-8-10-23(11-9-22)18(25)17-14(3)24-15(4)20-21-19(24)26-17/h5-7H,8-11H2,1-4H3. The van der Waals surface area contributed by atoms with Crippen LogP contribution in [-0.2, 0) is 0 Å². The SMILES string of the molecule is Cc1cccc(N2CCN(C(=O)c3sc4nnc(C)n4c3C)CC2)c1C. The van der Waals surface area contributed by atoms with Gasteiger partial charge in [0.1, 0.15) is 10.7 Å². The van der Waals surface area contributed by atoms with Crippen molar-refractivity contribution in [2.45, 2.75) is 27.7 Å². The Hall–Kier alpha value is -2.41. The van der Waals surface area contributed by atoms with Gasteiger partial charge in [0, 0.05) is 37.6 Å². The van der Waals surface area contributed by atoms with E-state index in [0.29, 0.717) is 0 Å². The number of rotatable bonds is 2. The fourth-order valence-corrected chi connectivity index (χ4v) is 4.71. The number of carbonyl (C=O) groups is 1. The fraction of sp³-hybridized carbons (Fsp3) is 0.421. The van der Waals surface area contributed by atoms with E-state index in [1.54, 1.807) is 0 Å². The zero-order chi connectivity index (χ0) is 18.4. The molecule has 1 amide bonds. The second-order valence-electron chi connectivity index (χ2n) is 6.88. The highest BCUT2D eigenvalue weighted by Gasteiger charge is 2.27. The summed E-state index contributed by atoms with van der Waals surface area (Å²) >= 11 is 1.43. The van der Waals surface area contributed by atoms with Crippen LogP contribution in [0.25, 0.3) is 4.96 Å². The van der Waals surface area contributed by atoms with E-state index in [1.807, 2.05) is 23.1 Å². The quantitative estimate of drug-likeness (QED) is 0.697. The van der Waals surface area contributed by atoms with Crippen LogP contribution >= 0.6 is 11.3 Å². The maximum absolute atomic E-state index is 13.0. The Kier molecular flexibility index (Phi) is 4.19. The van der Waals surface area contributed by atoms with Gasteiger partial charge in [0.2, 0.25) is 4.96 Å². The van der Waals surface area contributed by atoms with Crippen LogP contribution in [0.3, 0.4) is 0 Å². The minimum absolute atomic E-state index is 0.109. The number of hydrogen-bond acceptors (Lipinski definition) is 5. The molecule has 3 heterocycles. The summed E-state index contributed by atoms with van der Waals surface area (Å²) in [5.41, 5.74) is 4.85. The van der Waals surface area contributed by atoms with E-state index in [4.69, 9.17) is 0 Å². The number of hydrogen-bond donors (Lipinski definition) is 0. The Morgan fingerprint density at radius 3 is 2.46 bits per heavy atom. The molecular weight excluding hydrogens is 346 g/mol. The molecular formula is C19H23N5OS. The van der Waals surface area contributed by atoms with Crippen LogP contribution in [0, 0.1) is 27.7 Å². The molecule has 1 aliphatic heterocycles. The molecule has 0 bridgehead atoms. The van der Waals surface area contributed by atoms with Crippen molar-refractivity contribution in [1.29, 1.82) is 0 Å². The zero-order valence-electron chi connectivity index (χ0n) is 15.6. The van der Waals surface area contributed by atoms with Crippen molar-refractivity contribution >= 4 is 27.9 Å². The lowest BCUT2D eigenvalue weighted by molar-refractivity contribution is 0.0750. The highest BCUT2D eigenvalue weighted by atomic mass is 32.1. The van der Waals surface area contributed by atoms with Gasteiger partial charge in [-0.2, -0.15) is 0 Å². The lowest BCUT2D eigenvalue weighted by atomic mass is 10.1. The number of benzene rings is 1. The smallest absolute Gasteiger partial charge is 0.265 e. The average molecular weight is 369 g/mol. The van der Waals surface area contributed by atoms with Gasteiger partial charge in [-0.1, -0.05) is 23.5 Å². The molecule has 2 aromatic heterocycles. The highest BCUT2D eigenvalue weighted by Crippen LogP contribution is 2.27. The number of thiazole rings is 1. The molecule has 0 unspecified atom stereocenters. The van der Waals surface area contributed by atoms with Crippen molar-refractivity contribution in [2.24, 2.45) is 0 Å². The molecule has 0 atom stereocenters. The molecule has 6 nitrogen and oxygen atoms in total. The second kappa shape index (κ2) is 6.39. The Bertz CT molecular complexity index is 981. The van der Waals surface area contributed by atoms with E-state index < -0.39 is 0 Å². The first-order valence-electron chi connectivity index (χ1n) is 8.89. The first kappa shape index (κ1) is 17.0. The molecule has 7 heteroatoms. The first-order valence-corrected chi connectivity index (χ1v) is 9.70. The topological polar surface area (TPSA) is 53.7 Å². The van der Waals surface area contributed by atoms with E-state index in [0.717, 1.165) is 47.5 Å². The van der Waals surface area contributed by atoms with Gasteiger partial charge in [-0.3, -0.25) is 9.20 Å². The van der Waals surface area contributed by atoms with Gasteiger partial charge >= 0.3 is 0 Å². The minimum atomic E-state index is 0.109. The van der Waals surface area contributed by atoms with E-state index in [2.05, 4.69) is 47.1 Å². The van der Waals surface area contributed by atoms with E-state index >= 15 is 0 Å². The molecule has 0 aliphatic carbocycles. The first-order chi connectivity index (χ1) is 12.5. The number of anilines is 1. The van der Waals surface area contributed by atoms with E-state index in [-0.39, 0.29) is 5.91 Å². The third-order valence-corrected chi connectivity index (χ3v) is 6.45. The molecule has 0 saturated carbocycles. The molecule has 1 fully saturated rings. The van der Waals surface area contributed by atoms with Crippen LogP contribution < -0.4 is 4.90 Å². The maximum Gasteiger partial charge on any atom is 0.265 e. The highest BCUT2D eigenvalue weighted by molar-refractivity contribution is 7.19. The van der Waals surface area contributed by atoms with E-state index in [9.17, 15) is 4.79 Å². The molecule has 0 radical (unpaired) electrons. The number of aromatic nitrogens is 3. The molecule has 26 heavy (non-hydrogen) atoms. The van der Waals surface area contributed by atoms with Crippen molar-refractivity contribution in [3.05, 3.63) is 45.7 Å². The second-order valence-corrected chi connectivity index (χ2v) is 7.86. The van der Waals surface area contributed by atoms with Crippen LogP contribution in [0.5, 0.6) is 0 Å². The Morgan fingerprint density at radius 2 is 1.77 bits per heavy atom. The summed E-state index contributed by atoms with van der Waals surface area (Å²) in [4.78, 5) is 18.9. The van der Waals surface area contributed by atoms with Crippen LogP contribution in [0.1, 0.15) is 32.3 Å². The van der Waals surface area contributed by atoms with E-state index in [1.165, 1.54) is 28.2 Å². The third kappa shape index (κ3) is 2.67. The van der Waals surface area contributed by atoms with Crippen LogP contribution in [0.4, 0.5) is 5.69 Å². The number of amides is 1. The molecule has 1 saturated heterocycles. The van der Waals surface area contributed by atoms with Crippen molar-refractivity contribution in [1.82, 2.24) is 19.5 Å². The predicted molar refractivity (Wildman–Crippen MR) is 104 cm³/mol. The summed E-state index contributed by atoms with van der Waals surface area (Å²) in [6, 6.07) is 6.43. The van der Waals surface area contributed by atoms with Gasteiger partial charge in [0.15, 0.2) is 0 Å². The lowest BCUT2D eigenvalue weighted by Gasteiger charge is -2.37. The van der Waals surface area contributed by atoms with Crippen LogP contribution in [0.15, 0.2) is 18.2 Å². The van der Waals surface area contributed by atoms with Crippen molar-refractivity contribution in [2.75, 3.05) is 31.1 Å². The van der Waals surface area contributed by atoms with Crippen molar-refractivity contribution in [3.8, 4) is 0 Å². The fourth-order valence-electron chi connectivity index (χ4n) is 3.63. The number of aryl methyl sites for hydroxylation is 3. The molecule has 0 spiro atoms. The van der Waals surface area contributed by atoms with Gasteiger partial charge in [0.05, 0.1) is 0 Å². The van der Waals surface area contributed by atoms with Crippen LogP contribution in [0.2, 0.25) is 0 Å². The van der Waals surface area contributed by atoms with Gasteiger partial charge < -0.3 is 9.80 Å². The summed E-state index contributed by atoms with van der Waals surface area (Å²) in [7, 11) is 0. The minimum Gasteiger partial charge on any atom is -0.368 e. The summed E-state index contributed by atoms with van der Waals surface area (Å²) < 4.78 is 1.96. The number of fused-ring (bicyclic) bond motifs is 1. The van der Waals surface area contributed by atoms with Gasteiger partial charge in [-0.05, 0) is 44.9 Å². The molecule has 1 aromatic carbocycles. The van der Waals surface area contributed by atoms with Crippen LogP contribution in [-0.4, -0.2) is 51.6 Å². The number of nitrogens with zero attached hydrogens (tertiary/aromatic N) is 5. The number of piperazine rings is 1.